The van der Waals surface area contributed by atoms with Crippen molar-refractivity contribution in [2.45, 2.75) is 4.75 Å². The van der Waals surface area contributed by atoms with Crippen LogP contribution in [-0.4, -0.2) is 22.2 Å². The molecule has 37 heavy (non-hydrogen) atoms. The number of furan rings is 2. The highest BCUT2D eigenvalue weighted by Crippen LogP contribution is 2.45. The molecule has 0 aliphatic carbocycles. The summed E-state index contributed by atoms with van der Waals surface area (Å²) in [4.78, 5) is 0. The first-order valence-corrected chi connectivity index (χ1v) is 13.7. The van der Waals surface area contributed by atoms with Crippen molar-refractivity contribution >= 4 is 46.3 Å². The summed E-state index contributed by atoms with van der Waals surface area (Å²) in [6.07, 6.45) is 2.11. The van der Waals surface area contributed by atoms with Crippen LogP contribution in [0.2, 0.25) is 0 Å². The largest absolute Gasteiger partial charge is 0.508 e. The molecular weight excluding hydrogens is 500 g/mol. The number of benzene rings is 4. The van der Waals surface area contributed by atoms with Gasteiger partial charge >= 0.3 is 0 Å². The van der Waals surface area contributed by atoms with Gasteiger partial charge in [0.2, 0.25) is 0 Å². The predicted molar refractivity (Wildman–Crippen MR) is 155 cm³/mol. The van der Waals surface area contributed by atoms with Crippen molar-refractivity contribution in [3.63, 3.8) is 0 Å². The number of fused-ring (bicyclic) bond motifs is 2. The van der Waals surface area contributed by atoms with Gasteiger partial charge in [0.25, 0.3) is 0 Å². The molecule has 0 saturated heterocycles. The lowest BCUT2D eigenvalue weighted by molar-refractivity contribution is 0.475. The number of hydrogen-bond acceptors (Lipinski definition) is 6. The molecule has 0 aliphatic heterocycles. The molecule has 0 fully saturated rings. The summed E-state index contributed by atoms with van der Waals surface area (Å²) in [7, 11) is 0. The number of phenolic OH excluding ortho intramolecular Hbond substituents is 2. The Bertz CT molecular complexity index is 1580. The molecule has 6 aromatic rings. The zero-order valence-electron chi connectivity index (χ0n) is 20.0. The van der Waals surface area contributed by atoms with Crippen LogP contribution in [-0.2, 0) is 4.75 Å². The van der Waals surface area contributed by atoms with Crippen LogP contribution in [0.3, 0.4) is 0 Å². The number of thioether (sulfide) groups is 1. The first-order valence-electron chi connectivity index (χ1n) is 11.8. The molecule has 2 N–H and O–H groups in total. The number of aromatic hydroxyl groups is 2. The Balaban J connectivity index is 1.41. The number of rotatable bonds is 6. The molecule has 6 rings (SSSR count). The van der Waals surface area contributed by atoms with E-state index in [1.165, 1.54) is 0 Å². The Morgan fingerprint density at radius 1 is 0.649 bits per heavy atom. The number of thiol groups is 1. The average Bonchev–Trinajstić information content (AvgIpc) is 3.54. The molecule has 0 atom stereocenters. The lowest BCUT2D eigenvalue weighted by Crippen LogP contribution is -2.25. The molecule has 4 nitrogen and oxygen atoms in total. The third-order valence-electron chi connectivity index (χ3n) is 6.84. The van der Waals surface area contributed by atoms with Crippen LogP contribution in [0, 0.1) is 0 Å². The van der Waals surface area contributed by atoms with Crippen molar-refractivity contribution in [2.75, 3.05) is 12.0 Å². The Morgan fingerprint density at radius 3 is 1.46 bits per heavy atom. The van der Waals surface area contributed by atoms with E-state index in [0.29, 0.717) is 5.75 Å². The fourth-order valence-electron chi connectivity index (χ4n) is 4.77. The van der Waals surface area contributed by atoms with E-state index in [-0.39, 0.29) is 16.2 Å². The van der Waals surface area contributed by atoms with Gasteiger partial charge < -0.3 is 19.0 Å². The Hall–Kier alpha value is -3.74. The predicted octanol–water partition coefficient (Wildman–Crippen LogP) is 8.46. The van der Waals surface area contributed by atoms with Crippen molar-refractivity contribution in [3.8, 4) is 34.1 Å². The van der Waals surface area contributed by atoms with Crippen LogP contribution in [0.25, 0.3) is 44.6 Å². The van der Waals surface area contributed by atoms with Crippen LogP contribution < -0.4 is 0 Å². The molecule has 0 spiro atoms. The molecule has 2 heterocycles. The van der Waals surface area contributed by atoms with Gasteiger partial charge in [0.05, 0.1) is 4.75 Å². The van der Waals surface area contributed by atoms with Gasteiger partial charge in [-0.25, -0.2) is 0 Å². The molecular formula is C31H24O4S2. The quantitative estimate of drug-likeness (QED) is 0.191. The van der Waals surface area contributed by atoms with Crippen molar-refractivity contribution in [1.29, 1.82) is 0 Å². The summed E-state index contributed by atoms with van der Waals surface area (Å²) in [5.74, 6) is 2.58. The van der Waals surface area contributed by atoms with Gasteiger partial charge in [0, 0.05) is 27.7 Å². The first kappa shape index (κ1) is 23.6. The Morgan fingerprint density at radius 2 is 1.08 bits per heavy atom. The molecule has 0 radical (unpaired) electrons. The lowest BCUT2D eigenvalue weighted by atomic mass is 9.90. The van der Waals surface area contributed by atoms with Gasteiger partial charge in [0.15, 0.2) is 0 Å². The zero-order valence-corrected chi connectivity index (χ0v) is 21.7. The maximum Gasteiger partial charge on any atom is 0.135 e. The highest BCUT2D eigenvalue weighted by atomic mass is 32.2. The van der Waals surface area contributed by atoms with Crippen molar-refractivity contribution in [1.82, 2.24) is 0 Å². The van der Waals surface area contributed by atoms with Gasteiger partial charge in [-0.05, 0) is 102 Å². The molecule has 4 aromatic carbocycles. The molecule has 0 amide bonds. The van der Waals surface area contributed by atoms with Gasteiger partial charge in [-0.3, -0.25) is 0 Å². The third-order valence-corrected chi connectivity index (χ3v) is 8.84. The smallest absolute Gasteiger partial charge is 0.135 e. The van der Waals surface area contributed by atoms with Gasteiger partial charge in [-0.2, -0.15) is 12.6 Å². The minimum Gasteiger partial charge on any atom is -0.508 e. The van der Waals surface area contributed by atoms with Crippen LogP contribution >= 0.6 is 24.4 Å². The van der Waals surface area contributed by atoms with Crippen molar-refractivity contribution in [3.05, 3.63) is 108 Å². The minimum absolute atomic E-state index is 0.227. The van der Waals surface area contributed by atoms with Crippen LogP contribution in [0.5, 0.6) is 11.5 Å². The molecule has 184 valence electrons. The Kier molecular flexibility index (Phi) is 5.94. The van der Waals surface area contributed by atoms with E-state index >= 15 is 0 Å². The summed E-state index contributed by atoms with van der Waals surface area (Å²) < 4.78 is 11.8. The fraction of sp³-hybridized carbons (Fsp3) is 0.0968. The van der Waals surface area contributed by atoms with E-state index in [4.69, 9.17) is 21.5 Å². The van der Waals surface area contributed by atoms with E-state index < -0.39 is 0 Å². The molecule has 0 bridgehead atoms. The van der Waals surface area contributed by atoms with E-state index in [2.05, 4.69) is 30.5 Å². The highest BCUT2D eigenvalue weighted by molar-refractivity contribution is 8.00. The SMILES string of the molecule is CSC(CS)(c1ccc2oc(-c3ccc(O)cc3)cc2c1)c1ccc2oc(-c3ccc(O)cc3)cc2c1. The standard InChI is InChI=1S/C31H24O4S2/c1-37-31(18-36,23-6-12-27-21(14-23)16-29(34-27)19-2-8-25(32)9-3-19)24-7-13-28-22(15-24)17-30(35-28)20-4-10-26(33)11-5-20/h2-17,32-33,36H,18H2,1H3. The van der Waals surface area contributed by atoms with E-state index in [9.17, 15) is 10.2 Å². The average molecular weight is 525 g/mol. The number of phenols is 2. The zero-order chi connectivity index (χ0) is 25.6. The second-order valence-electron chi connectivity index (χ2n) is 9.01. The van der Waals surface area contributed by atoms with Crippen LogP contribution in [0.4, 0.5) is 0 Å². The Labute approximate surface area is 224 Å². The normalized spacial score (nSPS) is 11.9. The van der Waals surface area contributed by atoms with E-state index in [0.717, 1.165) is 55.7 Å². The van der Waals surface area contributed by atoms with E-state index in [1.54, 1.807) is 36.0 Å². The minimum atomic E-state index is -0.378. The van der Waals surface area contributed by atoms with Gasteiger partial charge in [-0.15, -0.1) is 11.8 Å². The second-order valence-corrected chi connectivity index (χ2v) is 10.4. The van der Waals surface area contributed by atoms with Gasteiger partial charge in [0.1, 0.15) is 34.2 Å². The molecule has 6 heteroatoms. The molecule has 0 aliphatic rings. The van der Waals surface area contributed by atoms with Crippen molar-refractivity contribution < 1.29 is 19.0 Å². The monoisotopic (exact) mass is 524 g/mol. The fourth-order valence-corrected chi connectivity index (χ4v) is 6.38. The van der Waals surface area contributed by atoms with Gasteiger partial charge in [-0.1, -0.05) is 12.1 Å². The lowest BCUT2D eigenvalue weighted by Gasteiger charge is -2.32. The van der Waals surface area contributed by atoms with Crippen LogP contribution in [0.1, 0.15) is 11.1 Å². The summed E-state index contributed by atoms with van der Waals surface area (Å²) in [5, 5.41) is 21.3. The first-order chi connectivity index (χ1) is 18.0. The topological polar surface area (TPSA) is 66.7 Å². The summed E-state index contributed by atoms with van der Waals surface area (Å²) in [6.45, 7) is 0. The van der Waals surface area contributed by atoms with Crippen molar-refractivity contribution in [2.24, 2.45) is 0 Å². The number of hydrogen-bond donors (Lipinski definition) is 3. The third kappa shape index (κ3) is 4.16. The van der Waals surface area contributed by atoms with E-state index in [1.807, 2.05) is 48.5 Å². The maximum atomic E-state index is 9.61. The summed E-state index contributed by atoms with van der Waals surface area (Å²) in [6, 6.07) is 30.7. The second kappa shape index (κ2) is 9.29. The molecule has 0 unspecified atom stereocenters. The molecule has 0 saturated carbocycles. The van der Waals surface area contributed by atoms with Crippen LogP contribution in [0.15, 0.2) is 106 Å². The maximum absolute atomic E-state index is 9.61. The molecule has 2 aromatic heterocycles. The summed E-state index contributed by atoms with van der Waals surface area (Å²) in [5.41, 5.74) is 5.73. The summed E-state index contributed by atoms with van der Waals surface area (Å²) >= 11 is 6.58. The highest BCUT2D eigenvalue weighted by Gasteiger charge is 2.33.